The molecule has 0 bridgehead atoms. The number of hydrogen-bond donors (Lipinski definition) is 0. The zero-order valence-corrected chi connectivity index (χ0v) is 19.7. The molecule has 0 aliphatic heterocycles. The smallest absolute Gasteiger partial charge is 0.0630 e. The highest BCUT2D eigenvalue weighted by atomic mass is 35.5. The summed E-state index contributed by atoms with van der Waals surface area (Å²) >= 11 is 24.0. The van der Waals surface area contributed by atoms with Gasteiger partial charge < -0.3 is 0 Å². The first-order valence-corrected chi connectivity index (χ1v) is 11.2. The lowest BCUT2D eigenvalue weighted by Gasteiger charge is -2.03. The molecule has 4 aromatic rings. The van der Waals surface area contributed by atoms with E-state index in [1.165, 1.54) is 0 Å². The summed E-state index contributed by atoms with van der Waals surface area (Å²) in [6, 6.07) is 26.9. The van der Waals surface area contributed by atoms with Gasteiger partial charge in [0.25, 0.3) is 0 Å². The van der Waals surface area contributed by atoms with Gasteiger partial charge in [0, 0.05) is 12.4 Å². The van der Waals surface area contributed by atoms with Crippen molar-refractivity contribution in [2.24, 2.45) is 9.98 Å². The van der Waals surface area contributed by atoms with Crippen LogP contribution in [0, 0.1) is 0 Å². The third-order valence-corrected chi connectivity index (χ3v) is 6.16. The second-order valence-electron chi connectivity index (χ2n) is 6.96. The molecule has 2 nitrogen and oxygen atoms in total. The standard InChI is InChI=1S/C26H16Cl4N2/c27-23-11-1-17(13-25(23)29)15-31-21-7-3-19(4-8-21)20-5-9-22(10-6-20)32-16-18-2-12-24(28)26(30)14-18/h1-16H. The minimum absolute atomic E-state index is 0.510. The molecule has 32 heavy (non-hydrogen) atoms. The van der Waals surface area contributed by atoms with Crippen LogP contribution in [0.3, 0.4) is 0 Å². The Morgan fingerprint density at radius 2 is 0.812 bits per heavy atom. The molecule has 0 aromatic heterocycles. The Labute approximate surface area is 206 Å². The molecule has 0 aliphatic rings. The van der Waals surface area contributed by atoms with E-state index in [2.05, 4.69) is 9.98 Å². The molecule has 0 atom stereocenters. The summed E-state index contributed by atoms with van der Waals surface area (Å²) in [5.74, 6) is 0. The first-order valence-electron chi connectivity index (χ1n) is 9.67. The van der Waals surface area contributed by atoms with E-state index in [1.54, 1.807) is 36.7 Å². The number of benzene rings is 4. The first-order chi connectivity index (χ1) is 15.5. The van der Waals surface area contributed by atoms with Gasteiger partial charge >= 0.3 is 0 Å². The topological polar surface area (TPSA) is 24.7 Å². The summed E-state index contributed by atoms with van der Waals surface area (Å²) in [5, 5.41) is 2.07. The van der Waals surface area contributed by atoms with Crippen LogP contribution in [0.4, 0.5) is 11.4 Å². The SMILES string of the molecule is Clc1ccc(C=Nc2ccc(-c3ccc(N=Cc4ccc(Cl)c(Cl)c4)cc3)cc2)cc1Cl. The largest absolute Gasteiger partial charge is 0.256 e. The summed E-state index contributed by atoms with van der Waals surface area (Å²) in [5.41, 5.74) is 5.67. The van der Waals surface area contributed by atoms with Gasteiger partial charge in [0.1, 0.15) is 0 Å². The summed E-state index contributed by atoms with van der Waals surface area (Å²) in [6.45, 7) is 0. The minimum Gasteiger partial charge on any atom is -0.256 e. The fourth-order valence-corrected chi connectivity index (χ4v) is 3.58. The van der Waals surface area contributed by atoms with Crippen LogP contribution in [0.2, 0.25) is 20.1 Å². The summed E-state index contributed by atoms with van der Waals surface area (Å²) in [6.07, 6.45) is 3.52. The van der Waals surface area contributed by atoms with Crippen molar-refractivity contribution in [1.29, 1.82) is 0 Å². The second-order valence-corrected chi connectivity index (χ2v) is 8.59. The van der Waals surface area contributed by atoms with Crippen LogP contribution in [0.15, 0.2) is 94.9 Å². The quantitative estimate of drug-likeness (QED) is 0.245. The molecular formula is C26H16Cl4N2. The molecule has 0 saturated carbocycles. The number of aliphatic imine (C=N–C) groups is 2. The molecule has 4 aromatic carbocycles. The maximum Gasteiger partial charge on any atom is 0.0630 e. The Kier molecular flexibility index (Phi) is 7.29. The fourth-order valence-electron chi connectivity index (χ4n) is 2.96. The highest BCUT2D eigenvalue weighted by molar-refractivity contribution is 6.42. The molecule has 0 fully saturated rings. The van der Waals surface area contributed by atoms with Crippen molar-refractivity contribution in [2.75, 3.05) is 0 Å². The van der Waals surface area contributed by atoms with Crippen LogP contribution in [-0.2, 0) is 0 Å². The van der Waals surface area contributed by atoms with Gasteiger partial charge in [0.05, 0.1) is 31.5 Å². The van der Waals surface area contributed by atoms with Crippen LogP contribution in [0.5, 0.6) is 0 Å². The van der Waals surface area contributed by atoms with Crippen LogP contribution in [-0.4, -0.2) is 12.4 Å². The third kappa shape index (κ3) is 5.79. The number of nitrogens with zero attached hydrogens (tertiary/aromatic N) is 2. The molecule has 0 unspecified atom stereocenters. The molecule has 158 valence electrons. The molecule has 0 aliphatic carbocycles. The van der Waals surface area contributed by atoms with E-state index in [1.807, 2.05) is 60.7 Å². The summed E-state index contributed by atoms with van der Waals surface area (Å²) in [7, 11) is 0. The van der Waals surface area contributed by atoms with Crippen LogP contribution < -0.4 is 0 Å². The van der Waals surface area contributed by atoms with Gasteiger partial charge in [-0.25, -0.2) is 0 Å². The second kappa shape index (κ2) is 10.3. The molecule has 0 N–H and O–H groups in total. The highest BCUT2D eigenvalue weighted by Gasteiger charge is 2.01. The number of hydrogen-bond acceptors (Lipinski definition) is 2. The molecule has 0 spiro atoms. The zero-order valence-electron chi connectivity index (χ0n) is 16.6. The van der Waals surface area contributed by atoms with Crippen LogP contribution >= 0.6 is 46.4 Å². The Bertz CT molecular complexity index is 1190. The first kappa shape index (κ1) is 22.6. The van der Waals surface area contributed by atoms with Gasteiger partial charge in [-0.05, 0) is 70.8 Å². The summed E-state index contributed by atoms with van der Waals surface area (Å²) < 4.78 is 0. The minimum atomic E-state index is 0.510. The van der Waals surface area contributed by atoms with Gasteiger partial charge in [-0.1, -0.05) is 82.8 Å². The number of halogens is 4. The molecule has 0 saturated heterocycles. The molecular weight excluding hydrogens is 482 g/mol. The Morgan fingerprint density at radius 1 is 0.438 bits per heavy atom. The summed E-state index contributed by atoms with van der Waals surface area (Å²) in [4.78, 5) is 8.99. The van der Waals surface area contributed by atoms with E-state index in [0.29, 0.717) is 20.1 Å². The van der Waals surface area contributed by atoms with Crippen molar-refractivity contribution in [3.63, 3.8) is 0 Å². The van der Waals surface area contributed by atoms with Crippen LogP contribution in [0.1, 0.15) is 11.1 Å². The van der Waals surface area contributed by atoms with E-state index in [0.717, 1.165) is 33.6 Å². The van der Waals surface area contributed by atoms with Crippen LogP contribution in [0.25, 0.3) is 11.1 Å². The van der Waals surface area contributed by atoms with Gasteiger partial charge in [0.2, 0.25) is 0 Å². The van der Waals surface area contributed by atoms with Crippen molar-refractivity contribution >= 4 is 70.2 Å². The van der Waals surface area contributed by atoms with E-state index >= 15 is 0 Å². The Balaban J connectivity index is 1.43. The van der Waals surface area contributed by atoms with Gasteiger partial charge in [-0.3, -0.25) is 9.98 Å². The van der Waals surface area contributed by atoms with Crippen molar-refractivity contribution in [3.05, 3.63) is 116 Å². The number of rotatable bonds is 5. The van der Waals surface area contributed by atoms with Gasteiger partial charge in [-0.2, -0.15) is 0 Å². The Morgan fingerprint density at radius 3 is 1.16 bits per heavy atom. The lowest BCUT2D eigenvalue weighted by atomic mass is 10.1. The van der Waals surface area contributed by atoms with E-state index in [-0.39, 0.29) is 0 Å². The van der Waals surface area contributed by atoms with E-state index in [4.69, 9.17) is 46.4 Å². The van der Waals surface area contributed by atoms with Gasteiger partial charge in [-0.15, -0.1) is 0 Å². The third-order valence-electron chi connectivity index (χ3n) is 4.68. The predicted molar refractivity (Wildman–Crippen MR) is 139 cm³/mol. The monoisotopic (exact) mass is 496 g/mol. The lowest BCUT2D eigenvalue weighted by molar-refractivity contribution is 1.50. The van der Waals surface area contributed by atoms with E-state index in [9.17, 15) is 0 Å². The molecule has 0 radical (unpaired) electrons. The molecule has 6 heteroatoms. The van der Waals surface area contributed by atoms with E-state index < -0.39 is 0 Å². The van der Waals surface area contributed by atoms with Gasteiger partial charge in [0.15, 0.2) is 0 Å². The zero-order chi connectivity index (χ0) is 22.5. The Hall–Kier alpha value is -2.62. The predicted octanol–water partition coefficient (Wildman–Crippen LogP) is 9.47. The highest BCUT2D eigenvalue weighted by Crippen LogP contribution is 2.26. The molecule has 4 rings (SSSR count). The van der Waals surface area contributed by atoms with Crippen molar-refractivity contribution in [3.8, 4) is 11.1 Å². The van der Waals surface area contributed by atoms with Crippen molar-refractivity contribution in [2.45, 2.75) is 0 Å². The van der Waals surface area contributed by atoms with Crippen molar-refractivity contribution < 1.29 is 0 Å². The fraction of sp³-hybridized carbons (Fsp3) is 0. The average molecular weight is 498 g/mol. The molecule has 0 heterocycles. The normalized spacial score (nSPS) is 11.5. The average Bonchev–Trinajstić information content (AvgIpc) is 2.81. The molecule has 0 amide bonds. The van der Waals surface area contributed by atoms with Crippen molar-refractivity contribution in [1.82, 2.24) is 0 Å². The maximum absolute atomic E-state index is 6.05. The maximum atomic E-state index is 6.05. The lowest BCUT2D eigenvalue weighted by Crippen LogP contribution is -1.82.